The molecule has 1 nitrogen and oxygen atoms in total. The molecule has 0 aliphatic carbocycles. The second-order valence-electron chi connectivity index (χ2n) is 12.9. The van der Waals surface area contributed by atoms with E-state index in [4.69, 9.17) is 0 Å². The van der Waals surface area contributed by atoms with Crippen LogP contribution in [0.2, 0.25) is 0 Å². The number of nitrogens with zero attached hydrogens (tertiary/aromatic N) is 1. The van der Waals surface area contributed by atoms with E-state index in [2.05, 4.69) is 154 Å². The quantitative estimate of drug-likeness (QED) is 0.246. The molecule has 37 heavy (non-hydrogen) atoms. The van der Waals surface area contributed by atoms with Crippen molar-refractivity contribution in [3.8, 4) is 0 Å². The molecule has 0 aromatic heterocycles. The van der Waals surface area contributed by atoms with E-state index in [0.717, 1.165) is 0 Å². The van der Waals surface area contributed by atoms with Crippen molar-refractivity contribution in [3.63, 3.8) is 0 Å². The van der Waals surface area contributed by atoms with Crippen LogP contribution in [0.4, 0.5) is 17.1 Å². The fraction of sp³-hybridized carbons (Fsp3) is 0.471. The van der Waals surface area contributed by atoms with Crippen LogP contribution < -0.4 is 15.5 Å². The predicted octanol–water partition coefficient (Wildman–Crippen LogP) is 9.42. The second kappa shape index (κ2) is 11.6. The van der Waals surface area contributed by atoms with Crippen molar-refractivity contribution in [2.24, 2.45) is 0 Å². The fourth-order valence-corrected chi connectivity index (χ4v) is 13.6. The van der Waals surface area contributed by atoms with Crippen LogP contribution in [0.5, 0.6) is 0 Å². The predicted molar refractivity (Wildman–Crippen MR) is 179 cm³/mol. The average Bonchev–Trinajstić information content (AvgIpc) is 2.83. The van der Waals surface area contributed by atoms with Crippen molar-refractivity contribution in [1.82, 2.24) is 0 Å². The zero-order valence-corrected chi connectivity index (χ0v) is 27.6. The number of anilines is 3. The van der Waals surface area contributed by atoms with Gasteiger partial charge >= 0.3 is 230 Å². The molecule has 3 heteroatoms. The molecule has 0 bridgehead atoms. The van der Waals surface area contributed by atoms with Gasteiger partial charge in [-0.25, -0.2) is 0 Å². The molecular weight excluding hydrogens is 484 g/mol. The normalized spacial score (nSPS) is 13.6. The first-order valence-electron chi connectivity index (χ1n) is 14.3. The van der Waals surface area contributed by atoms with E-state index in [0.29, 0.717) is 22.6 Å². The van der Waals surface area contributed by atoms with Crippen molar-refractivity contribution >= 4 is 42.2 Å². The first-order chi connectivity index (χ1) is 17.3. The number of aryl methyl sites for hydroxylation is 2. The first kappa shape index (κ1) is 29.9. The van der Waals surface area contributed by atoms with Crippen LogP contribution in [0.25, 0.3) is 0 Å². The van der Waals surface area contributed by atoms with Crippen LogP contribution in [0.15, 0.2) is 66.7 Å². The number of benzene rings is 3. The SMILES string of the molecule is Cc1ccc([PH](C)(C(C)C)C(C)C)c(N(c2ccccc2)c2cc(C)ccc2[PH](C)(C(C)C)C(C)C)c1. The van der Waals surface area contributed by atoms with Crippen molar-refractivity contribution in [3.05, 3.63) is 77.9 Å². The summed E-state index contributed by atoms with van der Waals surface area (Å²) in [7, 11) is -3.65. The van der Waals surface area contributed by atoms with Gasteiger partial charge in [-0.1, -0.05) is 0 Å². The van der Waals surface area contributed by atoms with Crippen molar-refractivity contribution < 1.29 is 0 Å². The third-order valence-corrected chi connectivity index (χ3v) is 22.5. The summed E-state index contributed by atoms with van der Waals surface area (Å²) in [5.74, 6) is 0. The number of rotatable bonds is 9. The maximum absolute atomic E-state index is 2.64. The van der Waals surface area contributed by atoms with Gasteiger partial charge < -0.3 is 0 Å². The Morgan fingerprint density at radius 3 is 1.19 bits per heavy atom. The third kappa shape index (κ3) is 5.56. The first-order valence-corrected chi connectivity index (χ1v) is 19.6. The summed E-state index contributed by atoms with van der Waals surface area (Å²) in [5.41, 5.74) is 9.27. The van der Waals surface area contributed by atoms with Crippen LogP contribution in [0.3, 0.4) is 0 Å². The molecule has 0 aliphatic heterocycles. The van der Waals surface area contributed by atoms with Crippen LogP contribution in [-0.2, 0) is 0 Å². The molecule has 0 saturated heterocycles. The van der Waals surface area contributed by atoms with Crippen molar-refractivity contribution in [2.75, 3.05) is 18.2 Å². The molecule has 0 spiro atoms. The zero-order chi connectivity index (χ0) is 27.7. The third-order valence-electron chi connectivity index (χ3n) is 9.76. The number of hydrogen-bond donors (Lipinski definition) is 0. The Hall–Kier alpha value is -1.68. The summed E-state index contributed by atoms with van der Waals surface area (Å²) >= 11 is 0. The Kier molecular flexibility index (Phi) is 9.36. The van der Waals surface area contributed by atoms with E-state index in [-0.39, 0.29) is 0 Å². The molecule has 3 aromatic rings. The van der Waals surface area contributed by atoms with Gasteiger partial charge in [-0.15, -0.1) is 0 Å². The average molecular weight is 538 g/mol. The summed E-state index contributed by atoms with van der Waals surface area (Å²) in [6.45, 7) is 29.3. The molecule has 204 valence electrons. The maximum atomic E-state index is 2.64. The molecule has 0 radical (unpaired) electrons. The van der Waals surface area contributed by atoms with Gasteiger partial charge in [0.25, 0.3) is 0 Å². The minimum atomic E-state index is -1.83. The molecule has 0 fully saturated rings. The van der Waals surface area contributed by atoms with E-state index in [1.165, 1.54) is 28.2 Å². The van der Waals surface area contributed by atoms with Crippen molar-refractivity contribution in [1.29, 1.82) is 0 Å². The van der Waals surface area contributed by atoms with Gasteiger partial charge in [0.2, 0.25) is 0 Å². The number of para-hydroxylation sites is 1. The van der Waals surface area contributed by atoms with Gasteiger partial charge in [-0.3, -0.25) is 0 Å². The van der Waals surface area contributed by atoms with E-state index in [9.17, 15) is 0 Å². The van der Waals surface area contributed by atoms with Crippen LogP contribution in [-0.4, -0.2) is 36.0 Å². The van der Waals surface area contributed by atoms with Gasteiger partial charge in [0.15, 0.2) is 0 Å². The Bertz CT molecular complexity index is 1100. The minimum absolute atomic E-state index is 0.648. The molecule has 3 aromatic carbocycles. The summed E-state index contributed by atoms with van der Waals surface area (Å²) < 4.78 is 0. The van der Waals surface area contributed by atoms with E-state index < -0.39 is 14.5 Å². The molecule has 0 N–H and O–H groups in total. The summed E-state index contributed by atoms with van der Waals surface area (Å²) in [5, 5.41) is 3.16. The molecule has 0 saturated carbocycles. The Balaban J connectivity index is 2.50. The van der Waals surface area contributed by atoms with E-state index >= 15 is 0 Å². The van der Waals surface area contributed by atoms with Gasteiger partial charge in [0.05, 0.1) is 0 Å². The fourth-order valence-electron chi connectivity index (χ4n) is 6.13. The van der Waals surface area contributed by atoms with Gasteiger partial charge in [-0.2, -0.15) is 0 Å². The molecular formula is C34H53NP2. The zero-order valence-electron chi connectivity index (χ0n) is 25.6. The Morgan fingerprint density at radius 1 is 0.514 bits per heavy atom. The molecule has 0 aliphatic rings. The Morgan fingerprint density at radius 2 is 0.865 bits per heavy atom. The summed E-state index contributed by atoms with van der Waals surface area (Å²) in [4.78, 5) is 2.64. The Labute approximate surface area is 229 Å². The summed E-state index contributed by atoms with van der Waals surface area (Å²) in [6, 6.07) is 25.7. The topological polar surface area (TPSA) is 3.24 Å². The monoisotopic (exact) mass is 537 g/mol. The van der Waals surface area contributed by atoms with Crippen LogP contribution in [0.1, 0.15) is 66.5 Å². The molecule has 0 heterocycles. The molecule has 3 rings (SSSR count). The van der Waals surface area contributed by atoms with Gasteiger partial charge in [0.1, 0.15) is 0 Å². The molecule has 0 atom stereocenters. The van der Waals surface area contributed by atoms with Crippen LogP contribution >= 0.6 is 14.5 Å². The van der Waals surface area contributed by atoms with Gasteiger partial charge in [0, 0.05) is 0 Å². The molecule has 0 amide bonds. The van der Waals surface area contributed by atoms with E-state index in [1.54, 1.807) is 10.6 Å². The van der Waals surface area contributed by atoms with Crippen molar-refractivity contribution in [2.45, 2.75) is 91.9 Å². The second-order valence-corrected chi connectivity index (χ2v) is 23.7. The van der Waals surface area contributed by atoms with E-state index in [1.807, 2.05) is 0 Å². The number of hydrogen-bond acceptors (Lipinski definition) is 1. The molecule has 0 unspecified atom stereocenters. The van der Waals surface area contributed by atoms with Crippen LogP contribution in [0, 0.1) is 13.8 Å². The summed E-state index contributed by atoms with van der Waals surface area (Å²) in [6.07, 6.45) is 0. The van der Waals surface area contributed by atoms with Gasteiger partial charge in [-0.05, 0) is 0 Å². The standard InChI is InChI=1S/C34H53NP2/c1-24(2)36(11,25(3)4)33-20-18-28(9)22-31(33)35(30-16-14-13-15-17-30)32-23-29(10)19-21-34(32)37(12,26(5)6)27(7)8/h13-27,36-37H,1-12H3.